The molecule has 2 N–H and O–H groups in total. The number of furan rings is 1. The van der Waals surface area contributed by atoms with Crippen molar-refractivity contribution in [2.24, 2.45) is 0 Å². The van der Waals surface area contributed by atoms with Crippen LogP contribution < -0.4 is 5.32 Å². The summed E-state index contributed by atoms with van der Waals surface area (Å²) < 4.78 is 5.83. The molecule has 0 aliphatic rings. The van der Waals surface area contributed by atoms with Crippen molar-refractivity contribution in [2.75, 3.05) is 5.32 Å². The fourth-order valence-corrected chi connectivity index (χ4v) is 2.84. The van der Waals surface area contributed by atoms with Gasteiger partial charge in [0, 0.05) is 11.8 Å². The molecule has 124 valence electrons. The summed E-state index contributed by atoms with van der Waals surface area (Å²) >= 11 is 0. The number of carboxylic acids is 1. The normalized spacial score (nSPS) is 12.3. The van der Waals surface area contributed by atoms with Crippen LogP contribution in [0.2, 0.25) is 0 Å². The van der Waals surface area contributed by atoms with Crippen molar-refractivity contribution < 1.29 is 14.3 Å². The molecular weight excluding hydrogens is 318 g/mol. The number of nitrogens with one attached hydrogen (secondary N) is 1. The number of aromatic nitrogens is 2. The van der Waals surface area contributed by atoms with Gasteiger partial charge in [0.25, 0.3) is 0 Å². The number of hydrogen-bond donors (Lipinski definition) is 2. The average Bonchev–Trinajstić information content (AvgIpc) is 3.02. The summed E-state index contributed by atoms with van der Waals surface area (Å²) in [4.78, 5) is 20.1. The van der Waals surface area contributed by atoms with Gasteiger partial charge in [0.2, 0.25) is 0 Å². The lowest BCUT2D eigenvalue weighted by atomic mass is 10.1. The van der Waals surface area contributed by atoms with E-state index in [0.717, 1.165) is 10.9 Å². The molecule has 0 bridgehead atoms. The minimum Gasteiger partial charge on any atom is -0.480 e. The van der Waals surface area contributed by atoms with Gasteiger partial charge in [0.05, 0.1) is 0 Å². The van der Waals surface area contributed by atoms with Crippen LogP contribution in [0.25, 0.3) is 22.1 Å². The quantitative estimate of drug-likeness (QED) is 0.581. The molecule has 2 aromatic carbocycles. The Morgan fingerprint density at radius 2 is 1.84 bits per heavy atom. The maximum absolute atomic E-state index is 11.7. The summed E-state index contributed by atoms with van der Waals surface area (Å²) in [5, 5.41) is 13.4. The summed E-state index contributed by atoms with van der Waals surface area (Å²) in [5.74, 6) is -0.573. The lowest BCUT2D eigenvalue weighted by Gasteiger charge is -2.15. The highest BCUT2D eigenvalue weighted by atomic mass is 16.4. The van der Waals surface area contributed by atoms with Crippen LogP contribution in [0.15, 0.2) is 65.3 Å². The first kappa shape index (κ1) is 15.1. The van der Waals surface area contributed by atoms with Crippen molar-refractivity contribution in [1.82, 2.24) is 9.97 Å². The van der Waals surface area contributed by atoms with Crippen molar-refractivity contribution in [2.45, 2.75) is 12.5 Å². The van der Waals surface area contributed by atoms with Crippen LogP contribution in [0, 0.1) is 0 Å². The average molecular weight is 333 g/mol. The number of benzene rings is 2. The van der Waals surface area contributed by atoms with E-state index in [2.05, 4.69) is 15.3 Å². The van der Waals surface area contributed by atoms with Gasteiger partial charge in [-0.3, -0.25) is 0 Å². The smallest absolute Gasteiger partial charge is 0.326 e. The second-order valence-corrected chi connectivity index (χ2v) is 5.72. The number of para-hydroxylation sites is 1. The van der Waals surface area contributed by atoms with Crippen molar-refractivity contribution in [1.29, 1.82) is 0 Å². The zero-order valence-electron chi connectivity index (χ0n) is 13.2. The maximum Gasteiger partial charge on any atom is 0.326 e. The predicted octanol–water partition coefficient (Wildman–Crippen LogP) is 3.48. The van der Waals surface area contributed by atoms with E-state index < -0.39 is 12.0 Å². The van der Waals surface area contributed by atoms with Crippen LogP contribution in [0.3, 0.4) is 0 Å². The van der Waals surface area contributed by atoms with E-state index >= 15 is 0 Å². The molecule has 4 rings (SSSR count). The third-order valence-corrected chi connectivity index (χ3v) is 4.05. The van der Waals surface area contributed by atoms with E-state index in [9.17, 15) is 9.90 Å². The van der Waals surface area contributed by atoms with Crippen LogP contribution in [0.4, 0.5) is 5.82 Å². The van der Waals surface area contributed by atoms with E-state index in [4.69, 9.17) is 4.42 Å². The number of hydrogen-bond acceptors (Lipinski definition) is 5. The largest absolute Gasteiger partial charge is 0.480 e. The third kappa shape index (κ3) is 2.89. The van der Waals surface area contributed by atoms with Crippen LogP contribution in [-0.4, -0.2) is 27.1 Å². The van der Waals surface area contributed by atoms with Crippen molar-refractivity contribution >= 4 is 33.9 Å². The van der Waals surface area contributed by atoms with Crippen molar-refractivity contribution in [3.63, 3.8) is 0 Å². The Kier molecular flexibility index (Phi) is 3.78. The standard InChI is InChI=1S/C19H15N3O3/c23-19(24)14(10-12-6-2-1-3-7-12)22-18-17-16(20-11-21-18)13-8-4-5-9-15(13)25-17/h1-9,11,14H,10H2,(H,23,24)(H,20,21,22)/t14-/m1/s1. The number of rotatable bonds is 5. The summed E-state index contributed by atoms with van der Waals surface area (Å²) in [7, 11) is 0. The molecule has 0 fully saturated rings. The molecule has 1 atom stereocenters. The Balaban J connectivity index is 1.72. The zero-order valence-corrected chi connectivity index (χ0v) is 13.2. The molecule has 2 heterocycles. The van der Waals surface area contributed by atoms with Gasteiger partial charge >= 0.3 is 5.97 Å². The Labute approximate surface area is 143 Å². The molecule has 0 aliphatic carbocycles. The van der Waals surface area contributed by atoms with Gasteiger partial charge in [-0.2, -0.15) is 0 Å². The number of anilines is 1. The fraction of sp³-hybridized carbons (Fsp3) is 0.105. The number of nitrogens with zero attached hydrogens (tertiary/aromatic N) is 2. The van der Waals surface area contributed by atoms with E-state index in [1.54, 1.807) is 0 Å². The number of carbonyl (C=O) groups is 1. The van der Waals surface area contributed by atoms with Gasteiger partial charge in [0.15, 0.2) is 11.4 Å². The fourth-order valence-electron chi connectivity index (χ4n) is 2.84. The predicted molar refractivity (Wildman–Crippen MR) is 94.5 cm³/mol. The number of carboxylic acid groups (broad SMARTS) is 1. The summed E-state index contributed by atoms with van der Waals surface area (Å²) in [6.07, 6.45) is 1.75. The molecule has 6 heteroatoms. The molecule has 0 amide bonds. The lowest BCUT2D eigenvalue weighted by Crippen LogP contribution is -2.32. The first-order valence-electron chi connectivity index (χ1n) is 7.88. The second-order valence-electron chi connectivity index (χ2n) is 5.72. The van der Waals surface area contributed by atoms with Crippen LogP contribution >= 0.6 is 0 Å². The summed E-state index contributed by atoms with van der Waals surface area (Å²) in [6.45, 7) is 0. The van der Waals surface area contributed by atoms with Gasteiger partial charge in [-0.25, -0.2) is 14.8 Å². The van der Waals surface area contributed by atoms with Crippen molar-refractivity contribution in [3.05, 3.63) is 66.5 Å². The van der Waals surface area contributed by atoms with Gasteiger partial charge < -0.3 is 14.8 Å². The molecule has 0 aliphatic heterocycles. The zero-order chi connectivity index (χ0) is 17.2. The SMILES string of the molecule is O=C(O)[C@@H](Cc1ccccc1)Nc1ncnc2c1oc1ccccc12. The van der Waals surface area contributed by atoms with Crippen molar-refractivity contribution in [3.8, 4) is 0 Å². The highest BCUT2D eigenvalue weighted by Gasteiger charge is 2.21. The van der Waals surface area contributed by atoms with Gasteiger partial charge in [-0.15, -0.1) is 0 Å². The molecule has 0 saturated carbocycles. The number of aliphatic carboxylic acids is 1. The van der Waals surface area contributed by atoms with Crippen LogP contribution in [0.5, 0.6) is 0 Å². The summed E-state index contributed by atoms with van der Waals surface area (Å²) in [5.41, 5.74) is 2.74. The van der Waals surface area contributed by atoms with E-state index in [1.807, 2.05) is 54.6 Å². The molecule has 4 aromatic rings. The van der Waals surface area contributed by atoms with Gasteiger partial charge in [-0.1, -0.05) is 42.5 Å². The highest BCUT2D eigenvalue weighted by Crippen LogP contribution is 2.30. The van der Waals surface area contributed by atoms with Crippen LogP contribution in [-0.2, 0) is 11.2 Å². The monoisotopic (exact) mass is 333 g/mol. The minimum atomic E-state index is -0.952. The first-order valence-corrected chi connectivity index (χ1v) is 7.88. The molecule has 0 unspecified atom stereocenters. The lowest BCUT2D eigenvalue weighted by molar-refractivity contribution is -0.137. The molecule has 2 aromatic heterocycles. The van der Waals surface area contributed by atoms with Gasteiger partial charge in [0.1, 0.15) is 23.5 Å². The van der Waals surface area contributed by atoms with Crippen LogP contribution in [0.1, 0.15) is 5.56 Å². The molecule has 6 nitrogen and oxygen atoms in total. The molecule has 0 spiro atoms. The molecule has 0 radical (unpaired) electrons. The third-order valence-electron chi connectivity index (χ3n) is 4.05. The molecule has 25 heavy (non-hydrogen) atoms. The van der Waals surface area contributed by atoms with E-state index in [0.29, 0.717) is 28.9 Å². The van der Waals surface area contributed by atoms with E-state index in [1.165, 1.54) is 6.33 Å². The first-order chi connectivity index (χ1) is 12.2. The topological polar surface area (TPSA) is 88.2 Å². The van der Waals surface area contributed by atoms with Gasteiger partial charge in [-0.05, 0) is 17.7 Å². The Morgan fingerprint density at radius 1 is 1.08 bits per heavy atom. The Bertz CT molecular complexity index is 1040. The molecule has 0 saturated heterocycles. The Morgan fingerprint density at radius 3 is 2.64 bits per heavy atom. The van der Waals surface area contributed by atoms with E-state index in [-0.39, 0.29) is 0 Å². The minimum absolute atomic E-state index is 0.335. The maximum atomic E-state index is 11.7. The highest BCUT2D eigenvalue weighted by molar-refractivity contribution is 6.05. The number of fused-ring (bicyclic) bond motifs is 3. The molecular formula is C19H15N3O3. The summed E-state index contributed by atoms with van der Waals surface area (Å²) in [6, 6.07) is 16.2. The second kappa shape index (κ2) is 6.24. The Hall–Kier alpha value is -3.41.